The SMILES string of the molecule is COc1ccc(CN[C@@H]2CCC(=O)N[C@H]2c2cccc(F)c2)c(O)c1. The number of carbonyl (C=O) groups is 1. The van der Waals surface area contributed by atoms with E-state index in [9.17, 15) is 14.3 Å². The molecule has 0 saturated carbocycles. The van der Waals surface area contributed by atoms with Crippen LogP contribution in [0, 0.1) is 5.82 Å². The van der Waals surface area contributed by atoms with Crippen LogP contribution in [0.15, 0.2) is 42.5 Å². The molecule has 2 aromatic carbocycles. The molecule has 0 spiro atoms. The number of amides is 1. The highest BCUT2D eigenvalue weighted by Crippen LogP contribution is 2.27. The van der Waals surface area contributed by atoms with E-state index in [4.69, 9.17) is 4.74 Å². The number of methoxy groups -OCH3 is 1. The highest BCUT2D eigenvalue weighted by atomic mass is 19.1. The number of aromatic hydroxyl groups is 1. The molecule has 0 aromatic heterocycles. The van der Waals surface area contributed by atoms with E-state index in [1.165, 1.54) is 12.1 Å². The first kappa shape index (κ1) is 17.2. The monoisotopic (exact) mass is 344 g/mol. The number of benzene rings is 2. The number of nitrogens with one attached hydrogen (secondary N) is 2. The van der Waals surface area contributed by atoms with Gasteiger partial charge >= 0.3 is 0 Å². The molecule has 0 bridgehead atoms. The number of piperidine rings is 1. The minimum atomic E-state index is -0.330. The predicted molar refractivity (Wildman–Crippen MR) is 91.8 cm³/mol. The topological polar surface area (TPSA) is 70.6 Å². The van der Waals surface area contributed by atoms with E-state index in [-0.39, 0.29) is 29.6 Å². The van der Waals surface area contributed by atoms with Gasteiger partial charge in [-0.15, -0.1) is 0 Å². The predicted octanol–water partition coefficient (Wildman–Crippen LogP) is 2.65. The molecule has 2 aromatic rings. The van der Waals surface area contributed by atoms with Crippen LogP contribution in [0.4, 0.5) is 4.39 Å². The molecule has 132 valence electrons. The zero-order valence-electron chi connectivity index (χ0n) is 14.0. The normalized spacial score (nSPS) is 20.2. The molecule has 0 radical (unpaired) electrons. The van der Waals surface area contributed by atoms with Crippen molar-refractivity contribution in [3.8, 4) is 11.5 Å². The van der Waals surface area contributed by atoms with Crippen molar-refractivity contribution < 1.29 is 19.0 Å². The lowest BCUT2D eigenvalue weighted by atomic mass is 9.91. The third kappa shape index (κ3) is 4.09. The van der Waals surface area contributed by atoms with Crippen LogP contribution in [0.3, 0.4) is 0 Å². The molecule has 1 heterocycles. The maximum absolute atomic E-state index is 13.5. The number of carbonyl (C=O) groups excluding carboxylic acids is 1. The van der Waals surface area contributed by atoms with Gasteiger partial charge in [0.15, 0.2) is 0 Å². The Labute approximate surface area is 145 Å². The molecule has 1 amide bonds. The number of phenols is 1. The molecule has 5 nitrogen and oxygen atoms in total. The Morgan fingerprint density at radius 2 is 2.16 bits per heavy atom. The summed E-state index contributed by atoms with van der Waals surface area (Å²) in [6.07, 6.45) is 1.06. The second-order valence-corrected chi connectivity index (χ2v) is 6.12. The minimum Gasteiger partial charge on any atom is -0.507 e. The van der Waals surface area contributed by atoms with Gasteiger partial charge in [0, 0.05) is 30.6 Å². The number of rotatable bonds is 5. The molecule has 1 fully saturated rings. The average molecular weight is 344 g/mol. The number of halogens is 1. The van der Waals surface area contributed by atoms with Crippen LogP contribution < -0.4 is 15.4 Å². The first-order valence-electron chi connectivity index (χ1n) is 8.21. The highest BCUT2D eigenvalue weighted by Gasteiger charge is 2.29. The highest BCUT2D eigenvalue weighted by molar-refractivity contribution is 5.77. The lowest BCUT2D eigenvalue weighted by Crippen LogP contribution is -2.48. The van der Waals surface area contributed by atoms with Crippen molar-refractivity contribution >= 4 is 5.91 Å². The Kier molecular flexibility index (Phi) is 5.19. The first-order chi connectivity index (χ1) is 12.1. The van der Waals surface area contributed by atoms with Crippen molar-refractivity contribution in [2.75, 3.05) is 7.11 Å². The van der Waals surface area contributed by atoms with Crippen LogP contribution in [-0.2, 0) is 11.3 Å². The summed E-state index contributed by atoms with van der Waals surface area (Å²) >= 11 is 0. The van der Waals surface area contributed by atoms with E-state index in [0.29, 0.717) is 25.1 Å². The van der Waals surface area contributed by atoms with Crippen molar-refractivity contribution in [2.45, 2.75) is 31.5 Å². The van der Waals surface area contributed by atoms with E-state index in [1.54, 1.807) is 37.4 Å². The second kappa shape index (κ2) is 7.53. The summed E-state index contributed by atoms with van der Waals surface area (Å²) in [5.41, 5.74) is 1.46. The van der Waals surface area contributed by atoms with Crippen LogP contribution >= 0.6 is 0 Å². The third-order valence-electron chi connectivity index (χ3n) is 4.46. The summed E-state index contributed by atoms with van der Waals surface area (Å²) in [6.45, 7) is 0.433. The number of phenolic OH excluding ortho intramolecular Hbond substituents is 1. The smallest absolute Gasteiger partial charge is 0.220 e. The van der Waals surface area contributed by atoms with Crippen molar-refractivity contribution in [3.63, 3.8) is 0 Å². The van der Waals surface area contributed by atoms with E-state index < -0.39 is 0 Å². The first-order valence-corrected chi connectivity index (χ1v) is 8.21. The average Bonchev–Trinajstić information content (AvgIpc) is 2.61. The lowest BCUT2D eigenvalue weighted by Gasteiger charge is -2.33. The molecule has 0 aliphatic carbocycles. The van der Waals surface area contributed by atoms with Gasteiger partial charge < -0.3 is 20.5 Å². The van der Waals surface area contributed by atoms with Crippen LogP contribution in [0.25, 0.3) is 0 Å². The maximum Gasteiger partial charge on any atom is 0.220 e. The zero-order valence-corrected chi connectivity index (χ0v) is 14.0. The molecule has 2 atom stereocenters. The maximum atomic E-state index is 13.5. The van der Waals surface area contributed by atoms with Crippen LogP contribution in [0.2, 0.25) is 0 Å². The van der Waals surface area contributed by atoms with Gasteiger partial charge in [-0.2, -0.15) is 0 Å². The molecule has 1 aliphatic rings. The number of hydrogen-bond donors (Lipinski definition) is 3. The molecule has 1 saturated heterocycles. The Hall–Kier alpha value is -2.60. The summed E-state index contributed by atoms with van der Waals surface area (Å²) in [7, 11) is 1.54. The van der Waals surface area contributed by atoms with Crippen molar-refractivity contribution in [3.05, 3.63) is 59.4 Å². The molecule has 25 heavy (non-hydrogen) atoms. The molecule has 0 unspecified atom stereocenters. The van der Waals surface area contributed by atoms with Crippen molar-refractivity contribution in [1.82, 2.24) is 10.6 Å². The molecular weight excluding hydrogens is 323 g/mol. The van der Waals surface area contributed by atoms with Gasteiger partial charge in [0.25, 0.3) is 0 Å². The summed E-state index contributed by atoms with van der Waals surface area (Å²) in [5, 5.41) is 16.4. The van der Waals surface area contributed by atoms with Crippen LogP contribution in [-0.4, -0.2) is 24.2 Å². The fourth-order valence-corrected chi connectivity index (χ4v) is 3.10. The second-order valence-electron chi connectivity index (χ2n) is 6.12. The van der Waals surface area contributed by atoms with E-state index in [1.807, 2.05) is 0 Å². The van der Waals surface area contributed by atoms with Crippen LogP contribution in [0.1, 0.15) is 30.0 Å². The number of hydrogen-bond acceptors (Lipinski definition) is 4. The van der Waals surface area contributed by atoms with Gasteiger partial charge in [-0.1, -0.05) is 18.2 Å². The quantitative estimate of drug-likeness (QED) is 0.780. The molecule has 3 N–H and O–H groups in total. The van der Waals surface area contributed by atoms with Crippen molar-refractivity contribution in [2.24, 2.45) is 0 Å². The standard InChI is InChI=1S/C19H21FN2O3/c1-25-15-6-5-13(17(23)10-15)11-21-16-7-8-18(24)22-19(16)12-3-2-4-14(20)9-12/h2-6,9-10,16,19,21,23H,7-8,11H2,1H3,(H,22,24)/t16-,19+/m1/s1. The lowest BCUT2D eigenvalue weighted by molar-refractivity contribution is -0.123. The Balaban J connectivity index is 1.74. The summed E-state index contributed by atoms with van der Waals surface area (Å²) < 4.78 is 18.6. The minimum absolute atomic E-state index is 0.0420. The van der Waals surface area contributed by atoms with Gasteiger partial charge in [0.1, 0.15) is 17.3 Å². The Bertz CT molecular complexity index is 766. The molecule has 1 aliphatic heterocycles. The zero-order chi connectivity index (χ0) is 17.8. The fraction of sp³-hybridized carbons (Fsp3) is 0.316. The molecular formula is C19H21FN2O3. The summed E-state index contributed by atoms with van der Waals surface area (Å²) in [6, 6.07) is 11.0. The third-order valence-corrected chi connectivity index (χ3v) is 4.46. The Morgan fingerprint density at radius 3 is 2.88 bits per heavy atom. The number of ether oxygens (including phenoxy) is 1. The molecule has 6 heteroatoms. The van der Waals surface area contributed by atoms with Gasteiger partial charge in [0.05, 0.1) is 13.2 Å². The fourth-order valence-electron chi connectivity index (χ4n) is 3.10. The van der Waals surface area contributed by atoms with Gasteiger partial charge in [-0.05, 0) is 30.2 Å². The van der Waals surface area contributed by atoms with Gasteiger partial charge in [-0.25, -0.2) is 4.39 Å². The largest absolute Gasteiger partial charge is 0.507 e. The van der Waals surface area contributed by atoms with Gasteiger partial charge in [-0.3, -0.25) is 4.79 Å². The Morgan fingerprint density at radius 1 is 1.32 bits per heavy atom. The van der Waals surface area contributed by atoms with Gasteiger partial charge in [0.2, 0.25) is 5.91 Å². The summed E-state index contributed by atoms with van der Waals surface area (Å²) in [5.74, 6) is 0.362. The van der Waals surface area contributed by atoms with E-state index in [0.717, 1.165) is 11.1 Å². The van der Waals surface area contributed by atoms with E-state index in [2.05, 4.69) is 10.6 Å². The van der Waals surface area contributed by atoms with E-state index >= 15 is 0 Å². The van der Waals surface area contributed by atoms with Crippen molar-refractivity contribution in [1.29, 1.82) is 0 Å². The molecule has 3 rings (SSSR count). The van der Waals surface area contributed by atoms with Crippen LogP contribution in [0.5, 0.6) is 11.5 Å². The summed E-state index contributed by atoms with van der Waals surface area (Å²) in [4.78, 5) is 11.8.